The van der Waals surface area contributed by atoms with E-state index in [1.54, 1.807) is 18.2 Å². The molecule has 1 heterocycles. The Labute approximate surface area is 139 Å². The molecule has 3 nitrogen and oxygen atoms in total. The van der Waals surface area contributed by atoms with Crippen molar-refractivity contribution < 1.29 is 9.18 Å². The summed E-state index contributed by atoms with van der Waals surface area (Å²) in [7, 11) is 0. The summed E-state index contributed by atoms with van der Waals surface area (Å²) in [5, 5.41) is 3.24. The van der Waals surface area contributed by atoms with Gasteiger partial charge in [-0.3, -0.25) is 4.79 Å². The van der Waals surface area contributed by atoms with Gasteiger partial charge >= 0.3 is 0 Å². The molecule has 1 aliphatic heterocycles. The van der Waals surface area contributed by atoms with Crippen molar-refractivity contribution in [2.75, 3.05) is 0 Å². The summed E-state index contributed by atoms with van der Waals surface area (Å²) in [5.41, 5.74) is 1.52. The van der Waals surface area contributed by atoms with Crippen molar-refractivity contribution in [3.05, 3.63) is 69.3 Å². The van der Waals surface area contributed by atoms with Gasteiger partial charge in [0.05, 0.1) is 10.6 Å². The Balaban J connectivity index is 1.82. The number of carbonyl (C=O) groups is 1. The van der Waals surface area contributed by atoms with Crippen LogP contribution in [-0.2, 0) is 4.79 Å². The number of thioether (sulfide) groups is 1. The minimum atomic E-state index is -0.303. The van der Waals surface area contributed by atoms with Crippen LogP contribution < -0.4 is 5.32 Å². The number of benzene rings is 2. The van der Waals surface area contributed by atoms with Crippen LogP contribution in [0.15, 0.2) is 62.9 Å². The van der Waals surface area contributed by atoms with Crippen LogP contribution in [0.1, 0.15) is 5.56 Å². The first-order chi connectivity index (χ1) is 10.6. The van der Waals surface area contributed by atoms with Gasteiger partial charge in [-0.1, -0.05) is 34.1 Å². The Morgan fingerprint density at radius 1 is 1.18 bits per heavy atom. The van der Waals surface area contributed by atoms with E-state index in [0.717, 1.165) is 15.7 Å². The van der Waals surface area contributed by atoms with E-state index in [1.807, 2.05) is 24.3 Å². The Hall–Kier alpha value is -1.92. The second kappa shape index (κ2) is 6.46. The van der Waals surface area contributed by atoms with Crippen LogP contribution in [0, 0.1) is 5.82 Å². The zero-order chi connectivity index (χ0) is 15.5. The van der Waals surface area contributed by atoms with Gasteiger partial charge in [-0.15, -0.1) is 0 Å². The first-order valence-electron chi connectivity index (χ1n) is 6.41. The van der Waals surface area contributed by atoms with Crippen molar-refractivity contribution in [1.82, 2.24) is 5.32 Å². The highest BCUT2D eigenvalue weighted by Crippen LogP contribution is 2.28. The second-order valence-corrected chi connectivity index (χ2v) is 6.46. The molecule has 22 heavy (non-hydrogen) atoms. The fraction of sp³-hybridized carbons (Fsp3) is 0. The molecule has 3 rings (SSSR count). The molecule has 0 radical (unpaired) electrons. The van der Waals surface area contributed by atoms with Crippen molar-refractivity contribution in [3.63, 3.8) is 0 Å². The number of halogens is 2. The van der Waals surface area contributed by atoms with Crippen molar-refractivity contribution in [2.45, 2.75) is 0 Å². The molecule has 2 aromatic rings. The molecule has 1 fully saturated rings. The van der Waals surface area contributed by atoms with Gasteiger partial charge in [0, 0.05) is 4.47 Å². The van der Waals surface area contributed by atoms with Crippen LogP contribution in [0.25, 0.3) is 6.08 Å². The summed E-state index contributed by atoms with van der Waals surface area (Å²) < 4.78 is 13.8. The molecule has 0 spiro atoms. The third kappa shape index (κ3) is 3.64. The number of amidine groups is 1. The maximum absolute atomic E-state index is 12.9. The highest BCUT2D eigenvalue weighted by Gasteiger charge is 2.23. The quantitative estimate of drug-likeness (QED) is 0.785. The summed E-state index contributed by atoms with van der Waals surface area (Å²) in [5.74, 6) is -0.509. The average Bonchev–Trinajstić information content (AvgIpc) is 2.81. The third-order valence-electron chi connectivity index (χ3n) is 2.86. The molecule has 1 amide bonds. The molecule has 1 saturated heterocycles. The van der Waals surface area contributed by atoms with Gasteiger partial charge in [-0.2, -0.15) is 0 Å². The zero-order valence-electron chi connectivity index (χ0n) is 11.2. The van der Waals surface area contributed by atoms with Gasteiger partial charge < -0.3 is 5.32 Å². The number of rotatable bonds is 2. The van der Waals surface area contributed by atoms with Crippen LogP contribution in [0.3, 0.4) is 0 Å². The first-order valence-corrected chi connectivity index (χ1v) is 8.02. The molecule has 0 aromatic heterocycles. The van der Waals surface area contributed by atoms with E-state index in [9.17, 15) is 9.18 Å². The fourth-order valence-electron chi connectivity index (χ4n) is 1.85. The number of amides is 1. The molecule has 1 aliphatic rings. The standard InChI is InChI=1S/C16H10BrFN2OS/c17-11-2-1-3-13(9-11)19-16-20-15(21)14(22-16)8-10-4-6-12(18)7-5-10/h1-9H,(H,19,20,21). The van der Waals surface area contributed by atoms with Crippen LogP contribution >= 0.6 is 27.7 Å². The van der Waals surface area contributed by atoms with E-state index < -0.39 is 0 Å². The van der Waals surface area contributed by atoms with Crippen LogP contribution in [0.2, 0.25) is 0 Å². The summed E-state index contributed by atoms with van der Waals surface area (Å²) in [6, 6.07) is 13.5. The smallest absolute Gasteiger partial charge is 0.264 e. The Morgan fingerprint density at radius 2 is 1.95 bits per heavy atom. The van der Waals surface area contributed by atoms with E-state index in [2.05, 4.69) is 26.2 Å². The third-order valence-corrected chi connectivity index (χ3v) is 4.26. The molecule has 6 heteroatoms. The number of aliphatic imine (C=N–C) groups is 1. The summed E-state index contributed by atoms with van der Waals surface area (Å²) in [4.78, 5) is 16.9. The minimum Gasteiger partial charge on any atom is -0.300 e. The van der Waals surface area contributed by atoms with Crippen molar-refractivity contribution in [3.8, 4) is 0 Å². The average molecular weight is 377 g/mol. The molecular formula is C16H10BrFN2OS. The van der Waals surface area contributed by atoms with Crippen LogP contribution in [-0.4, -0.2) is 11.1 Å². The van der Waals surface area contributed by atoms with Crippen LogP contribution in [0.4, 0.5) is 10.1 Å². The van der Waals surface area contributed by atoms with E-state index in [1.165, 1.54) is 23.9 Å². The number of hydrogen-bond acceptors (Lipinski definition) is 3. The highest BCUT2D eigenvalue weighted by atomic mass is 79.9. The van der Waals surface area contributed by atoms with E-state index in [-0.39, 0.29) is 11.7 Å². The maximum Gasteiger partial charge on any atom is 0.264 e. The van der Waals surface area contributed by atoms with Crippen LogP contribution in [0.5, 0.6) is 0 Å². The largest absolute Gasteiger partial charge is 0.300 e. The molecule has 0 unspecified atom stereocenters. The maximum atomic E-state index is 12.9. The van der Waals surface area contributed by atoms with Gasteiger partial charge in [0.1, 0.15) is 5.82 Å². The molecule has 1 N–H and O–H groups in total. The summed E-state index contributed by atoms with van der Waals surface area (Å²) >= 11 is 4.64. The van der Waals surface area contributed by atoms with Gasteiger partial charge in [-0.05, 0) is 53.7 Å². The fourth-order valence-corrected chi connectivity index (χ4v) is 3.08. The SMILES string of the molecule is O=C1NC(=Nc2cccc(Br)c2)SC1=Cc1ccc(F)cc1. The number of nitrogens with zero attached hydrogens (tertiary/aromatic N) is 1. The number of nitrogens with one attached hydrogen (secondary N) is 1. The lowest BCUT2D eigenvalue weighted by atomic mass is 10.2. The van der Waals surface area contributed by atoms with Gasteiger partial charge in [-0.25, -0.2) is 9.38 Å². The molecule has 0 atom stereocenters. The second-order valence-electron chi connectivity index (χ2n) is 4.51. The predicted molar refractivity (Wildman–Crippen MR) is 91.3 cm³/mol. The number of hydrogen-bond donors (Lipinski definition) is 1. The molecule has 0 bridgehead atoms. The minimum absolute atomic E-state index is 0.205. The lowest BCUT2D eigenvalue weighted by Gasteiger charge is -1.96. The topological polar surface area (TPSA) is 41.5 Å². The Kier molecular flexibility index (Phi) is 4.40. The van der Waals surface area contributed by atoms with Crippen molar-refractivity contribution >= 4 is 50.5 Å². The van der Waals surface area contributed by atoms with Crippen molar-refractivity contribution in [2.24, 2.45) is 4.99 Å². The van der Waals surface area contributed by atoms with Gasteiger partial charge in [0.25, 0.3) is 5.91 Å². The highest BCUT2D eigenvalue weighted by molar-refractivity contribution is 9.10. The molecule has 0 aliphatic carbocycles. The van der Waals surface area contributed by atoms with Gasteiger partial charge in [0.2, 0.25) is 0 Å². The lowest BCUT2D eigenvalue weighted by Crippen LogP contribution is -2.19. The van der Waals surface area contributed by atoms with E-state index in [4.69, 9.17) is 0 Å². The summed E-state index contributed by atoms with van der Waals surface area (Å²) in [6.07, 6.45) is 1.71. The lowest BCUT2D eigenvalue weighted by molar-refractivity contribution is -0.115. The molecule has 0 saturated carbocycles. The van der Waals surface area contributed by atoms with E-state index in [0.29, 0.717) is 10.1 Å². The first kappa shape index (κ1) is 15.0. The molecule has 2 aromatic carbocycles. The van der Waals surface area contributed by atoms with E-state index >= 15 is 0 Å². The Bertz CT molecular complexity index is 787. The van der Waals surface area contributed by atoms with Gasteiger partial charge in [0.15, 0.2) is 5.17 Å². The Morgan fingerprint density at radius 3 is 2.68 bits per heavy atom. The van der Waals surface area contributed by atoms with Crippen molar-refractivity contribution in [1.29, 1.82) is 0 Å². The number of carbonyl (C=O) groups excluding carboxylic acids is 1. The molecule has 110 valence electrons. The zero-order valence-corrected chi connectivity index (χ0v) is 13.6. The monoisotopic (exact) mass is 376 g/mol. The normalized spacial score (nSPS) is 18.0. The summed E-state index contributed by atoms with van der Waals surface area (Å²) in [6.45, 7) is 0. The predicted octanol–water partition coefficient (Wildman–Crippen LogP) is 4.48. The molecular weight excluding hydrogens is 367 g/mol.